The molecule has 0 rings (SSSR count). The van der Waals surface area contributed by atoms with E-state index in [0.29, 0.717) is 6.54 Å². The number of carboxylic acid groups (broad SMARTS) is 1. The van der Waals surface area contributed by atoms with Gasteiger partial charge in [0.1, 0.15) is 6.04 Å². The molecule has 0 radical (unpaired) electrons. The molecule has 0 aliphatic rings. The summed E-state index contributed by atoms with van der Waals surface area (Å²) < 4.78 is 0. The molecular weight excluding hydrogens is 190 g/mol. The van der Waals surface area contributed by atoms with Crippen LogP contribution in [0.25, 0.3) is 0 Å². The van der Waals surface area contributed by atoms with E-state index in [2.05, 4.69) is 9.88 Å². The van der Waals surface area contributed by atoms with Crippen molar-refractivity contribution in [2.45, 2.75) is 13.0 Å². The Balaban J connectivity index is 4.15. The molecule has 0 heterocycles. The zero-order valence-corrected chi connectivity index (χ0v) is 8.17. The summed E-state index contributed by atoms with van der Waals surface area (Å²) in [4.78, 5) is 19.5. The summed E-state index contributed by atoms with van der Waals surface area (Å²) in [6.45, 7) is 1.83. The molecule has 0 spiro atoms. The van der Waals surface area contributed by atoms with E-state index in [1.165, 1.54) is 11.8 Å². The molecule has 1 atom stereocenters. The van der Waals surface area contributed by atoms with Crippen molar-refractivity contribution in [1.29, 1.82) is 0 Å². The highest BCUT2D eigenvalue weighted by Crippen LogP contribution is 1.91. The molecule has 7 heteroatoms. The van der Waals surface area contributed by atoms with Crippen LogP contribution in [0.4, 0.5) is 0 Å². The van der Waals surface area contributed by atoms with Gasteiger partial charge < -0.3 is 15.7 Å². The molecule has 0 saturated heterocycles. The zero-order chi connectivity index (χ0) is 11.1. The molecule has 0 aliphatic carbocycles. The first-order valence-electron chi connectivity index (χ1n) is 4.02. The van der Waals surface area contributed by atoms with Crippen molar-refractivity contribution in [1.82, 2.24) is 4.90 Å². The zero-order valence-electron chi connectivity index (χ0n) is 8.17. The number of nitrogens with two attached hydrogens (primary N) is 1. The number of guanidine groups is 1. The first kappa shape index (κ1) is 12.7. The monoisotopic (exact) mass is 205 g/mol. The summed E-state index contributed by atoms with van der Waals surface area (Å²) in [5.41, 5.74) is 5.47. The van der Waals surface area contributed by atoms with E-state index in [1.54, 1.807) is 7.05 Å². The van der Waals surface area contributed by atoms with Crippen LogP contribution in [0.5, 0.6) is 0 Å². The standard InChI is InChI=1S/C7H15N3O4/c1-5(6(11)12)9-7(8)10(2)3-4-14-13/h5,13H,3-4H2,1-2H3,(H2,8,9)(H,11,12). The van der Waals surface area contributed by atoms with Gasteiger partial charge in [0.05, 0.1) is 6.61 Å². The lowest BCUT2D eigenvalue weighted by molar-refractivity contribution is -0.242. The number of aliphatic imine (C=N–C) groups is 1. The molecule has 4 N–H and O–H groups in total. The van der Waals surface area contributed by atoms with Crippen molar-refractivity contribution in [2.24, 2.45) is 10.7 Å². The SMILES string of the molecule is CC(N=C(N)N(C)CCOO)C(=O)O. The Morgan fingerprint density at radius 1 is 1.71 bits per heavy atom. The largest absolute Gasteiger partial charge is 0.480 e. The van der Waals surface area contributed by atoms with Gasteiger partial charge in [0.2, 0.25) is 0 Å². The molecule has 0 saturated carbocycles. The van der Waals surface area contributed by atoms with Crippen molar-refractivity contribution < 1.29 is 20.0 Å². The number of likely N-dealkylation sites (N-methyl/N-ethyl adjacent to an activating group) is 1. The van der Waals surface area contributed by atoms with E-state index in [1.807, 2.05) is 0 Å². The highest BCUT2D eigenvalue weighted by molar-refractivity contribution is 5.82. The smallest absolute Gasteiger partial charge is 0.328 e. The predicted molar refractivity (Wildman–Crippen MR) is 49.9 cm³/mol. The van der Waals surface area contributed by atoms with Crippen LogP contribution in [0.1, 0.15) is 6.92 Å². The highest BCUT2D eigenvalue weighted by atomic mass is 17.1. The minimum absolute atomic E-state index is 0.0776. The Morgan fingerprint density at radius 2 is 2.29 bits per heavy atom. The minimum atomic E-state index is -1.04. The van der Waals surface area contributed by atoms with Gasteiger partial charge in [0, 0.05) is 13.6 Å². The van der Waals surface area contributed by atoms with Crippen LogP contribution in [0, 0.1) is 0 Å². The van der Waals surface area contributed by atoms with Crippen LogP contribution in [0.2, 0.25) is 0 Å². The van der Waals surface area contributed by atoms with Gasteiger partial charge in [0.25, 0.3) is 0 Å². The van der Waals surface area contributed by atoms with Gasteiger partial charge in [-0.1, -0.05) is 0 Å². The first-order valence-corrected chi connectivity index (χ1v) is 4.02. The van der Waals surface area contributed by atoms with Crippen molar-refractivity contribution in [2.75, 3.05) is 20.2 Å². The molecule has 0 aliphatic heterocycles. The molecule has 7 nitrogen and oxygen atoms in total. The fourth-order valence-corrected chi connectivity index (χ4v) is 0.644. The molecule has 0 aromatic rings. The van der Waals surface area contributed by atoms with Crippen LogP contribution in [0.3, 0.4) is 0 Å². The third kappa shape index (κ3) is 4.63. The molecule has 0 fully saturated rings. The fraction of sp³-hybridized carbons (Fsp3) is 0.714. The number of rotatable bonds is 5. The van der Waals surface area contributed by atoms with Gasteiger partial charge in [-0.3, -0.25) is 5.26 Å². The van der Waals surface area contributed by atoms with E-state index < -0.39 is 12.0 Å². The number of carboxylic acids is 1. The van der Waals surface area contributed by atoms with Crippen molar-refractivity contribution in [3.8, 4) is 0 Å². The molecule has 1 unspecified atom stereocenters. The van der Waals surface area contributed by atoms with E-state index in [-0.39, 0.29) is 12.6 Å². The second-order valence-corrected chi connectivity index (χ2v) is 2.76. The lowest BCUT2D eigenvalue weighted by Gasteiger charge is -2.17. The third-order valence-corrected chi connectivity index (χ3v) is 1.59. The topological polar surface area (TPSA) is 108 Å². The third-order valence-electron chi connectivity index (χ3n) is 1.59. The van der Waals surface area contributed by atoms with Gasteiger partial charge in [-0.25, -0.2) is 14.7 Å². The summed E-state index contributed by atoms with van der Waals surface area (Å²) in [5.74, 6) is -0.947. The Bertz CT molecular complexity index is 219. The van der Waals surface area contributed by atoms with Gasteiger partial charge >= 0.3 is 5.97 Å². The van der Waals surface area contributed by atoms with Crippen LogP contribution in [-0.2, 0) is 9.68 Å². The van der Waals surface area contributed by atoms with E-state index >= 15 is 0 Å². The lowest BCUT2D eigenvalue weighted by Crippen LogP contribution is -2.37. The maximum absolute atomic E-state index is 10.4. The number of carbonyl (C=O) groups is 1. The fourth-order valence-electron chi connectivity index (χ4n) is 0.644. The number of aliphatic carboxylic acids is 1. The highest BCUT2D eigenvalue weighted by Gasteiger charge is 2.10. The van der Waals surface area contributed by atoms with Gasteiger partial charge in [-0.2, -0.15) is 0 Å². The summed E-state index contributed by atoms with van der Waals surface area (Å²) in [5, 5.41) is 16.6. The predicted octanol–water partition coefficient (Wildman–Crippen LogP) is -0.804. The summed E-state index contributed by atoms with van der Waals surface area (Å²) in [6.07, 6.45) is 0. The van der Waals surface area contributed by atoms with Crippen LogP contribution >= 0.6 is 0 Å². The summed E-state index contributed by atoms with van der Waals surface area (Å²) >= 11 is 0. The van der Waals surface area contributed by atoms with Gasteiger partial charge in [0.15, 0.2) is 5.96 Å². The van der Waals surface area contributed by atoms with E-state index in [4.69, 9.17) is 16.1 Å². The maximum atomic E-state index is 10.4. The van der Waals surface area contributed by atoms with Crippen molar-refractivity contribution in [3.63, 3.8) is 0 Å². The Morgan fingerprint density at radius 3 is 2.71 bits per heavy atom. The molecule has 82 valence electrons. The summed E-state index contributed by atoms with van der Waals surface area (Å²) in [7, 11) is 1.62. The van der Waals surface area contributed by atoms with Crippen molar-refractivity contribution >= 4 is 11.9 Å². The quantitative estimate of drug-likeness (QED) is 0.234. The molecule has 0 aromatic carbocycles. The van der Waals surface area contributed by atoms with E-state index in [0.717, 1.165) is 0 Å². The Kier molecular flexibility index (Phi) is 5.58. The second-order valence-electron chi connectivity index (χ2n) is 2.76. The Labute approximate surface area is 81.7 Å². The van der Waals surface area contributed by atoms with Crippen LogP contribution in [-0.4, -0.2) is 53.4 Å². The van der Waals surface area contributed by atoms with Crippen molar-refractivity contribution in [3.05, 3.63) is 0 Å². The average molecular weight is 205 g/mol. The first-order chi connectivity index (χ1) is 6.49. The molecular formula is C7H15N3O4. The average Bonchev–Trinajstić information content (AvgIpc) is 2.13. The molecule has 14 heavy (non-hydrogen) atoms. The molecule has 0 amide bonds. The molecule has 0 bridgehead atoms. The lowest BCUT2D eigenvalue weighted by atomic mass is 10.4. The molecule has 0 aromatic heterocycles. The second kappa shape index (κ2) is 6.17. The number of hydrogen-bond acceptors (Lipinski definition) is 4. The Hall–Kier alpha value is -1.34. The van der Waals surface area contributed by atoms with Crippen LogP contribution < -0.4 is 5.73 Å². The number of nitrogens with zero attached hydrogens (tertiary/aromatic N) is 2. The van der Waals surface area contributed by atoms with E-state index in [9.17, 15) is 4.79 Å². The van der Waals surface area contributed by atoms with Gasteiger partial charge in [-0.05, 0) is 6.92 Å². The van der Waals surface area contributed by atoms with Gasteiger partial charge in [-0.15, -0.1) is 0 Å². The summed E-state index contributed by atoms with van der Waals surface area (Å²) in [6, 6.07) is -0.882. The maximum Gasteiger partial charge on any atom is 0.328 e. The minimum Gasteiger partial charge on any atom is -0.480 e. The normalized spacial score (nSPS) is 13.8. The number of hydrogen-bond donors (Lipinski definition) is 3. The van der Waals surface area contributed by atoms with Crippen LogP contribution in [0.15, 0.2) is 4.99 Å².